The van der Waals surface area contributed by atoms with Gasteiger partial charge in [-0.3, -0.25) is 0 Å². The van der Waals surface area contributed by atoms with E-state index in [1.54, 1.807) is 11.3 Å². The Hall–Kier alpha value is -1.12. The van der Waals surface area contributed by atoms with Crippen molar-refractivity contribution in [1.29, 1.82) is 0 Å². The molecule has 2 N–H and O–H groups in total. The van der Waals surface area contributed by atoms with E-state index in [1.165, 1.54) is 20.9 Å². The third kappa shape index (κ3) is 2.76. The van der Waals surface area contributed by atoms with Gasteiger partial charge in [0.25, 0.3) is 0 Å². The van der Waals surface area contributed by atoms with Crippen molar-refractivity contribution in [2.24, 2.45) is 5.73 Å². The van der Waals surface area contributed by atoms with Gasteiger partial charge in [-0.05, 0) is 36.1 Å². The highest BCUT2D eigenvalue weighted by atomic mass is 32.1. The lowest BCUT2D eigenvalue weighted by molar-refractivity contribution is 0.838. The first-order valence-electron chi connectivity index (χ1n) is 6.03. The van der Waals surface area contributed by atoms with E-state index in [1.807, 2.05) is 6.92 Å². The summed E-state index contributed by atoms with van der Waals surface area (Å²) in [4.78, 5) is 2.54. The van der Waals surface area contributed by atoms with Gasteiger partial charge < -0.3 is 5.73 Å². The van der Waals surface area contributed by atoms with Crippen LogP contribution >= 0.6 is 11.3 Å². The molecule has 2 aromatic rings. The van der Waals surface area contributed by atoms with Gasteiger partial charge in [-0.15, -0.1) is 11.3 Å². The molecule has 0 amide bonds. The molecule has 0 aliphatic rings. The van der Waals surface area contributed by atoms with Crippen molar-refractivity contribution >= 4 is 11.3 Å². The van der Waals surface area contributed by atoms with Crippen molar-refractivity contribution in [2.75, 3.05) is 0 Å². The van der Waals surface area contributed by atoms with Gasteiger partial charge in [0, 0.05) is 15.8 Å². The van der Waals surface area contributed by atoms with E-state index in [-0.39, 0.29) is 6.04 Å². The number of hydrogen-bond acceptors (Lipinski definition) is 2. The quantitative estimate of drug-likeness (QED) is 0.843. The Morgan fingerprint density at radius 1 is 0.941 bits per heavy atom. The van der Waals surface area contributed by atoms with E-state index < -0.39 is 0 Å². The molecule has 0 aliphatic heterocycles. The van der Waals surface area contributed by atoms with Gasteiger partial charge >= 0.3 is 0 Å². The lowest BCUT2D eigenvalue weighted by Gasteiger charge is -2.05. The number of nitrogens with two attached hydrogens (primary N) is 1. The van der Waals surface area contributed by atoms with Crippen LogP contribution in [0.3, 0.4) is 0 Å². The summed E-state index contributed by atoms with van der Waals surface area (Å²) in [5, 5.41) is 0. The fourth-order valence-corrected chi connectivity index (χ4v) is 2.75. The fraction of sp³-hybridized carbons (Fsp3) is 0.333. The third-order valence-corrected chi connectivity index (χ3v) is 4.27. The number of hydrogen-bond donors (Lipinski definition) is 1. The minimum atomic E-state index is 0.128. The molecule has 2 rings (SSSR count). The molecule has 0 radical (unpaired) electrons. The molecule has 0 spiro atoms. The molecule has 90 valence electrons. The maximum atomic E-state index is 5.88. The zero-order valence-electron chi connectivity index (χ0n) is 10.6. The van der Waals surface area contributed by atoms with Gasteiger partial charge in [0.2, 0.25) is 0 Å². The summed E-state index contributed by atoms with van der Waals surface area (Å²) in [5.41, 5.74) is 8.55. The maximum Gasteiger partial charge on any atom is 0.0361 e. The Bertz CT molecular complexity index is 480. The second-order valence-electron chi connectivity index (χ2n) is 4.77. The minimum Gasteiger partial charge on any atom is -0.324 e. The van der Waals surface area contributed by atoms with Crippen LogP contribution in [0.15, 0.2) is 36.4 Å². The summed E-state index contributed by atoms with van der Waals surface area (Å²) in [5.74, 6) is 0.590. The first kappa shape index (κ1) is 12.3. The van der Waals surface area contributed by atoms with Gasteiger partial charge in [0.1, 0.15) is 0 Å². The van der Waals surface area contributed by atoms with Crippen LogP contribution in [0.4, 0.5) is 0 Å². The molecule has 2 heteroatoms. The van der Waals surface area contributed by atoms with Crippen molar-refractivity contribution in [3.63, 3.8) is 0 Å². The van der Waals surface area contributed by atoms with Crippen LogP contribution in [0, 0.1) is 0 Å². The monoisotopic (exact) mass is 245 g/mol. The topological polar surface area (TPSA) is 26.0 Å². The zero-order valence-corrected chi connectivity index (χ0v) is 11.4. The Balaban J connectivity index is 2.27. The van der Waals surface area contributed by atoms with Crippen molar-refractivity contribution in [1.82, 2.24) is 0 Å². The van der Waals surface area contributed by atoms with E-state index >= 15 is 0 Å². The van der Waals surface area contributed by atoms with E-state index in [2.05, 4.69) is 50.2 Å². The highest BCUT2D eigenvalue weighted by Crippen LogP contribution is 2.31. The van der Waals surface area contributed by atoms with Crippen molar-refractivity contribution < 1.29 is 0 Å². The molecule has 1 heterocycles. The summed E-state index contributed by atoms with van der Waals surface area (Å²) < 4.78 is 0. The van der Waals surface area contributed by atoms with Crippen LogP contribution in [-0.4, -0.2) is 0 Å². The van der Waals surface area contributed by atoms with E-state index in [0.717, 1.165) is 0 Å². The summed E-state index contributed by atoms with van der Waals surface area (Å²) >= 11 is 1.78. The molecule has 1 aromatic heterocycles. The summed E-state index contributed by atoms with van der Waals surface area (Å²) in [7, 11) is 0. The number of thiophene rings is 1. The van der Waals surface area contributed by atoms with Gasteiger partial charge in [-0.2, -0.15) is 0 Å². The second kappa shape index (κ2) is 5.03. The molecular formula is C15H19NS. The smallest absolute Gasteiger partial charge is 0.0361 e. The summed E-state index contributed by atoms with van der Waals surface area (Å²) in [6.45, 7) is 6.46. The molecule has 0 saturated carbocycles. The van der Waals surface area contributed by atoms with E-state index in [9.17, 15) is 0 Å². The second-order valence-corrected chi connectivity index (χ2v) is 5.88. The van der Waals surface area contributed by atoms with Crippen LogP contribution < -0.4 is 5.73 Å². The summed E-state index contributed by atoms with van der Waals surface area (Å²) in [6, 6.07) is 13.2. The van der Waals surface area contributed by atoms with Crippen LogP contribution in [0.2, 0.25) is 0 Å². The van der Waals surface area contributed by atoms with Gasteiger partial charge in [-0.1, -0.05) is 38.1 Å². The molecular weight excluding hydrogens is 226 g/mol. The van der Waals surface area contributed by atoms with Crippen LogP contribution in [-0.2, 0) is 0 Å². The van der Waals surface area contributed by atoms with Crippen LogP contribution in [0.5, 0.6) is 0 Å². The van der Waals surface area contributed by atoms with Crippen LogP contribution in [0.1, 0.15) is 43.2 Å². The molecule has 0 fully saturated rings. The normalized spacial score (nSPS) is 13.0. The first-order valence-corrected chi connectivity index (χ1v) is 6.85. The van der Waals surface area contributed by atoms with Crippen molar-refractivity contribution in [2.45, 2.75) is 32.7 Å². The lowest BCUT2D eigenvalue weighted by atomic mass is 10.0. The molecule has 17 heavy (non-hydrogen) atoms. The van der Waals surface area contributed by atoms with Crippen LogP contribution in [0.25, 0.3) is 10.4 Å². The highest BCUT2D eigenvalue weighted by Gasteiger charge is 2.06. The highest BCUT2D eigenvalue weighted by molar-refractivity contribution is 7.15. The molecule has 1 nitrogen and oxygen atoms in total. The van der Waals surface area contributed by atoms with Gasteiger partial charge in [0.05, 0.1) is 0 Å². The Morgan fingerprint density at radius 3 is 2.06 bits per heavy atom. The average Bonchev–Trinajstić information content (AvgIpc) is 2.78. The molecule has 0 bridgehead atoms. The third-order valence-electron chi connectivity index (χ3n) is 2.94. The Morgan fingerprint density at radius 2 is 1.59 bits per heavy atom. The van der Waals surface area contributed by atoms with E-state index in [4.69, 9.17) is 5.73 Å². The molecule has 0 aliphatic carbocycles. The zero-order chi connectivity index (χ0) is 12.4. The molecule has 1 aromatic carbocycles. The molecule has 0 saturated heterocycles. The largest absolute Gasteiger partial charge is 0.324 e. The maximum absolute atomic E-state index is 5.88. The average molecular weight is 245 g/mol. The van der Waals surface area contributed by atoms with E-state index in [0.29, 0.717) is 5.92 Å². The van der Waals surface area contributed by atoms with Gasteiger partial charge in [0.15, 0.2) is 0 Å². The van der Waals surface area contributed by atoms with Crippen molar-refractivity contribution in [3.8, 4) is 10.4 Å². The Labute approximate surface area is 107 Å². The number of benzene rings is 1. The molecule has 1 unspecified atom stereocenters. The first-order chi connectivity index (χ1) is 8.08. The Kier molecular flexibility index (Phi) is 3.65. The lowest BCUT2D eigenvalue weighted by Crippen LogP contribution is -2.01. The SMILES string of the molecule is CC(C)c1ccc(-c2ccc(C(C)N)s2)cc1. The summed E-state index contributed by atoms with van der Waals surface area (Å²) in [6.07, 6.45) is 0. The van der Waals surface area contributed by atoms with Crippen molar-refractivity contribution in [3.05, 3.63) is 46.8 Å². The fourth-order valence-electron chi connectivity index (χ4n) is 1.78. The molecule has 1 atom stereocenters. The number of rotatable bonds is 3. The minimum absolute atomic E-state index is 0.128. The standard InChI is InChI=1S/C15H19NS/c1-10(2)12-4-6-13(7-5-12)15-9-8-14(17-15)11(3)16/h4-11H,16H2,1-3H3. The van der Waals surface area contributed by atoms with Gasteiger partial charge in [-0.25, -0.2) is 0 Å². The predicted octanol–water partition coefficient (Wildman–Crippen LogP) is 4.56. The predicted molar refractivity (Wildman–Crippen MR) is 76.4 cm³/mol.